The molecule has 154 valence electrons. The van der Waals surface area contributed by atoms with Crippen LogP contribution in [0.4, 0.5) is 0 Å². The lowest BCUT2D eigenvalue weighted by molar-refractivity contribution is -0.144. The number of methoxy groups -OCH3 is 2. The van der Waals surface area contributed by atoms with Crippen LogP contribution in [0.2, 0.25) is 0 Å². The van der Waals surface area contributed by atoms with Crippen LogP contribution in [0.5, 0.6) is 11.5 Å². The van der Waals surface area contributed by atoms with Gasteiger partial charge in [0.25, 0.3) is 5.91 Å². The van der Waals surface area contributed by atoms with Crippen LogP contribution < -0.4 is 14.8 Å². The second-order valence-corrected chi connectivity index (χ2v) is 6.49. The van der Waals surface area contributed by atoms with Gasteiger partial charge in [-0.15, -0.1) is 0 Å². The van der Waals surface area contributed by atoms with Crippen LogP contribution in [0.1, 0.15) is 36.1 Å². The third kappa shape index (κ3) is 6.68. The van der Waals surface area contributed by atoms with Crippen molar-refractivity contribution in [2.24, 2.45) is 0 Å². The number of nitrogens with one attached hydrogen (secondary N) is 1. The molecule has 0 aliphatic carbocycles. The molecule has 0 unspecified atom stereocenters. The van der Waals surface area contributed by atoms with Gasteiger partial charge in [-0.25, -0.2) is 4.79 Å². The smallest absolute Gasteiger partial charge is 0.331 e. The zero-order valence-electron chi connectivity index (χ0n) is 17.2. The van der Waals surface area contributed by atoms with Gasteiger partial charge in [-0.05, 0) is 42.7 Å². The lowest BCUT2D eigenvalue weighted by Crippen LogP contribution is -2.32. The van der Waals surface area contributed by atoms with Gasteiger partial charge in [-0.2, -0.15) is 0 Å². The average molecular weight is 397 g/mol. The van der Waals surface area contributed by atoms with E-state index >= 15 is 0 Å². The largest absolute Gasteiger partial charge is 0.493 e. The molecule has 0 aromatic heterocycles. The van der Waals surface area contributed by atoms with Gasteiger partial charge in [0.2, 0.25) is 0 Å². The number of aryl methyl sites for hydroxylation is 1. The summed E-state index contributed by atoms with van der Waals surface area (Å²) in [5.74, 6) is 0.218. The Labute approximate surface area is 171 Å². The Balaban J connectivity index is 1.87. The first-order chi connectivity index (χ1) is 14.0. The van der Waals surface area contributed by atoms with E-state index in [4.69, 9.17) is 14.2 Å². The van der Waals surface area contributed by atoms with Crippen molar-refractivity contribution in [1.82, 2.24) is 5.32 Å². The summed E-state index contributed by atoms with van der Waals surface area (Å²) in [5.41, 5.74) is 2.92. The fourth-order valence-electron chi connectivity index (χ4n) is 2.76. The van der Waals surface area contributed by atoms with E-state index in [0.29, 0.717) is 11.5 Å². The molecule has 1 N–H and O–H groups in total. The summed E-state index contributed by atoms with van der Waals surface area (Å²) >= 11 is 0. The zero-order chi connectivity index (χ0) is 21.2. The van der Waals surface area contributed by atoms with Gasteiger partial charge >= 0.3 is 5.97 Å². The summed E-state index contributed by atoms with van der Waals surface area (Å²) in [6, 6.07) is 13.1. The van der Waals surface area contributed by atoms with Crippen LogP contribution in [-0.2, 0) is 14.3 Å². The van der Waals surface area contributed by atoms with E-state index in [-0.39, 0.29) is 18.6 Å². The molecule has 0 aliphatic heterocycles. The molecule has 0 aliphatic rings. The SMILES string of the molecule is CC[C@H](NC(=O)COC(=O)/C=C/c1ccc(OC)c(OC)c1)c1ccc(C)cc1. The Hall–Kier alpha value is -3.28. The van der Waals surface area contributed by atoms with Crippen molar-refractivity contribution in [2.45, 2.75) is 26.3 Å². The van der Waals surface area contributed by atoms with Crippen LogP contribution in [0, 0.1) is 6.92 Å². The summed E-state index contributed by atoms with van der Waals surface area (Å²) in [4.78, 5) is 24.1. The van der Waals surface area contributed by atoms with Crippen LogP contribution in [-0.4, -0.2) is 32.7 Å². The summed E-state index contributed by atoms with van der Waals surface area (Å²) in [5, 5.41) is 2.89. The molecule has 2 aromatic carbocycles. The number of rotatable bonds is 9. The average Bonchev–Trinajstić information content (AvgIpc) is 2.74. The van der Waals surface area contributed by atoms with Gasteiger partial charge in [-0.3, -0.25) is 4.79 Å². The maximum absolute atomic E-state index is 12.1. The molecule has 2 rings (SSSR count). The van der Waals surface area contributed by atoms with E-state index in [1.54, 1.807) is 38.5 Å². The minimum Gasteiger partial charge on any atom is -0.493 e. The number of esters is 1. The highest BCUT2D eigenvalue weighted by atomic mass is 16.5. The molecule has 0 bridgehead atoms. The van der Waals surface area contributed by atoms with Gasteiger partial charge < -0.3 is 19.5 Å². The standard InChI is InChI=1S/C23H27NO5/c1-5-19(18-10-6-16(2)7-11-18)24-22(25)15-29-23(26)13-9-17-8-12-20(27-3)21(14-17)28-4/h6-14,19H,5,15H2,1-4H3,(H,24,25)/b13-9+/t19-/m0/s1. The van der Waals surface area contributed by atoms with Crippen LogP contribution in [0.3, 0.4) is 0 Å². The lowest BCUT2D eigenvalue weighted by atomic mass is 10.0. The molecule has 0 radical (unpaired) electrons. The van der Waals surface area contributed by atoms with Crippen molar-refractivity contribution < 1.29 is 23.8 Å². The topological polar surface area (TPSA) is 73.9 Å². The number of ether oxygens (including phenoxy) is 3. The van der Waals surface area contributed by atoms with Gasteiger partial charge in [0, 0.05) is 6.08 Å². The highest BCUT2D eigenvalue weighted by Crippen LogP contribution is 2.27. The van der Waals surface area contributed by atoms with Crippen molar-refractivity contribution in [2.75, 3.05) is 20.8 Å². The van der Waals surface area contributed by atoms with Crippen LogP contribution in [0.25, 0.3) is 6.08 Å². The predicted octanol–water partition coefficient (Wildman–Crippen LogP) is 3.84. The molecule has 0 fully saturated rings. The fourth-order valence-corrected chi connectivity index (χ4v) is 2.76. The molecule has 0 saturated heterocycles. The second-order valence-electron chi connectivity index (χ2n) is 6.49. The highest BCUT2D eigenvalue weighted by molar-refractivity contribution is 5.89. The normalized spacial score (nSPS) is 11.7. The van der Waals surface area contributed by atoms with Crippen molar-refractivity contribution in [3.05, 3.63) is 65.2 Å². The minimum atomic E-state index is -0.599. The molecule has 2 aromatic rings. The lowest BCUT2D eigenvalue weighted by Gasteiger charge is -2.17. The van der Waals surface area contributed by atoms with E-state index in [1.165, 1.54) is 6.08 Å². The number of amides is 1. The Morgan fingerprint density at radius 2 is 1.72 bits per heavy atom. The fraction of sp³-hybridized carbons (Fsp3) is 0.304. The Bertz CT molecular complexity index is 858. The minimum absolute atomic E-state index is 0.121. The van der Waals surface area contributed by atoms with E-state index in [2.05, 4.69) is 5.32 Å². The molecular formula is C23H27NO5. The molecule has 6 heteroatoms. The van der Waals surface area contributed by atoms with Gasteiger partial charge in [0.15, 0.2) is 18.1 Å². The van der Waals surface area contributed by atoms with Crippen molar-refractivity contribution in [1.29, 1.82) is 0 Å². The summed E-state index contributed by atoms with van der Waals surface area (Å²) < 4.78 is 15.4. The van der Waals surface area contributed by atoms with Crippen LogP contribution in [0.15, 0.2) is 48.5 Å². The maximum atomic E-state index is 12.1. The van der Waals surface area contributed by atoms with E-state index in [1.807, 2.05) is 38.1 Å². The Morgan fingerprint density at radius 1 is 1.03 bits per heavy atom. The third-order valence-corrected chi connectivity index (χ3v) is 4.39. The quantitative estimate of drug-likeness (QED) is 0.514. The van der Waals surface area contributed by atoms with E-state index in [0.717, 1.165) is 23.1 Å². The molecule has 0 saturated carbocycles. The summed E-state index contributed by atoms with van der Waals surface area (Å²) in [6.45, 7) is 3.67. The van der Waals surface area contributed by atoms with Crippen LogP contribution >= 0.6 is 0 Å². The zero-order valence-corrected chi connectivity index (χ0v) is 17.2. The van der Waals surface area contributed by atoms with Gasteiger partial charge in [0.1, 0.15) is 0 Å². The second kappa shape index (κ2) is 10.9. The molecule has 0 heterocycles. The first-order valence-electron chi connectivity index (χ1n) is 9.39. The summed E-state index contributed by atoms with van der Waals surface area (Å²) in [6.07, 6.45) is 3.59. The maximum Gasteiger partial charge on any atom is 0.331 e. The third-order valence-electron chi connectivity index (χ3n) is 4.39. The number of hydrogen-bond donors (Lipinski definition) is 1. The van der Waals surface area contributed by atoms with Gasteiger partial charge in [-0.1, -0.05) is 42.8 Å². The first kappa shape index (κ1) is 22.0. The monoisotopic (exact) mass is 397 g/mol. The van der Waals surface area contributed by atoms with Gasteiger partial charge in [0.05, 0.1) is 20.3 Å². The number of carbonyl (C=O) groups is 2. The molecular weight excluding hydrogens is 370 g/mol. The number of benzene rings is 2. The Morgan fingerprint density at radius 3 is 2.34 bits per heavy atom. The van der Waals surface area contributed by atoms with Crippen molar-refractivity contribution in [3.8, 4) is 11.5 Å². The predicted molar refractivity (Wildman–Crippen MR) is 112 cm³/mol. The summed E-state index contributed by atoms with van der Waals surface area (Å²) in [7, 11) is 3.09. The molecule has 1 amide bonds. The van der Waals surface area contributed by atoms with E-state index in [9.17, 15) is 9.59 Å². The molecule has 0 spiro atoms. The van der Waals surface area contributed by atoms with Crippen molar-refractivity contribution >= 4 is 18.0 Å². The van der Waals surface area contributed by atoms with E-state index < -0.39 is 5.97 Å². The molecule has 29 heavy (non-hydrogen) atoms. The molecule has 6 nitrogen and oxygen atoms in total. The molecule has 1 atom stereocenters. The number of carbonyl (C=O) groups excluding carboxylic acids is 2. The van der Waals surface area contributed by atoms with Crippen molar-refractivity contribution in [3.63, 3.8) is 0 Å². The first-order valence-corrected chi connectivity index (χ1v) is 9.39. The Kier molecular flexibility index (Phi) is 8.27. The highest BCUT2D eigenvalue weighted by Gasteiger charge is 2.13. The number of hydrogen-bond acceptors (Lipinski definition) is 5.